The lowest BCUT2D eigenvalue weighted by atomic mass is 9.80. The summed E-state index contributed by atoms with van der Waals surface area (Å²) >= 11 is 1.59. The first-order valence-electron chi connectivity index (χ1n) is 15.6. The van der Waals surface area contributed by atoms with Crippen LogP contribution in [0.5, 0.6) is 0 Å². The number of hydrogen-bond acceptors (Lipinski definition) is 6. The molecule has 0 bridgehead atoms. The summed E-state index contributed by atoms with van der Waals surface area (Å²) < 4.78 is 33.4. The Labute approximate surface area is 277 Å². The van der Waals surface area contributed by atoms with Gasteiger partial charge in [0.05, 0.1) is 26.4 Å². The third-order valence-electron chi connectivity index (χ3n) is 7.81. The van der Waals surface area contributed by atoms with E-state index in [-0.39, 0.29) is 6.61 Å². The van der Waals surface area contributed by atoms with E-state index in [1.54, 1.807) is 30.0 Å². The number of rotatable bonds is 17. The quantitative estimate of drug-likeness (QED) is 0.0862. The second-order valence-electron chi connectivity index (χ2n) is 10.8. The summed E-state index contributed by atoms with van der Waals surface area (Å²) in [6.07, 6.45) is 3.21. The van der Waals surface area contributed by atoms with Crippen LogP contribution >= 0.6 is 11.8 Å². The summed E-state index contributed by atoms with van der Waals surface area (Å²) in [6.45, 7) is 12.8. The highest BCUT2D eigenvalue weighted by molar-refractivity contribution is 7.99. The van der Waals surface area contributed by atoms with E-state index in [2.05, 4.69) is 68.3 Å². The van der Waals surface area contributed by atoms with Gasteiger partial charge in [-0.2, -0.15) is 0 Å². The fraction of sp³-hybridized carbons (Fsp3) is 0.250. The van der Waals surface area contributed by atoms with Crippen LogP contribution in [0, 0.1) is 0 Å². The van der Waals surface area contributed by atoms with E-state index < -0.39 is 35.5 Å². The maximum Gasteiger partial charge on any atom is 0.143 e. The first kappa shape index (κ1) is 33.6. The van der Waals surface area contributed by atoms with Gasteiger partial charge in [0.2, 0.25) is 0 Å². The second kappa shape index (κ2) is 17.2. The van der Waals surface area contributed by atoms with Gasteiger partial charge in [-0.15, -0.1) is 19.7 Å². The molecular formula is C40H42O5S. The first-order valence-corrected chi connectivity index (χ1v) is 16.4. The lowest BCUT2D eigenvalue weighted by Gasteiger charge is -2.47. The van der Waals surface area contributed by atoms with Gasteiger partial charge in [0, 0.05) is 4.90 Å². The van der Waals surface area contributed by atoms with Crippen LogP contribution in [0.4, 0.5) is 0 Å². The molecule has 1 fully saturated rings. The molecule has 0 saturated carbocycles. The van der Waals surface area contributed by atoms with E-state index in [1.807, 2.05) is 72.8 Å². The average molecular weight is 635 g/mol. The summed E-state index contributed by atoms with van der Waals surface area (Å²) in [5.41, 5.74) is 1.68. The van der Waals surface area contributed by atoms with Crippen molar-refractivity contribution < 1.29 is 23.7 Å². The van der Waals surface area contributed by atoms with Crippen molar-refractivity contribution in [2.24, 2.45) is 0 Å². The Kier molecular flexibility index (Phi) is 12.6. The minimum absolute atomic E-state index is 0.203. The van der Waals surface area contributed by atoms with Crippen molar-refractivity contribution in [3.8, 4) is 0 Å². The fourth-order valence-electron chi connectivity index (χ4n) is 5.82. The van der Waals surface area contributed by atoms with Crippen LogP contribution in [0.25, 0.3) is 0 Å². The van der Waals surface area contributed by atoms with Crippen molar-refractivity contribution in [3.05, 3.63) is 176 Å². The van der Waals surface area contributed by atoms with Crippen molar-refractivity contribution in [1.29, 1.82) is 0 Å². The third kappa shape index (κ3) is 7.96. The van der Waals surface area contributed by atoms with E-state index in [1.165, 1.54) is 0 Å². The normalized spacial score (nSPS) is 21.3. The van der Waals surface area contributed by atoms with Crippen LogP contribution in [0.3, 0.4) is 0 Å². The molecular weight excluding hydrogens is 593 g/mol. The Morgan fingerprint density at radius 3 is 1.43 bits per heavy atom. The summed E-state index contributed by atoms with van der Waals surface area (Å²) in [5, 5.41) is 0. The summed E-state index contributed by atoms with van der Waals surface area (Å²) in [5.74, 6) is 0. The van der Waals surface area contributed by atoms with Crippen molar-refractivity contribution >= 4 is 11.8 Å². The Balaban J connectivity index is 1.58. The maximum atomic E-state index is 7.23. The van der Waals surface area contributed by atoms with Gasteiger partial charge in [0.1, 0.15) is 35.5 Å². The standard InChI is InChI=1S/C40H42O5S/c1-4-27-41-36-35(45-39(46-34-25-17-10-18-26-34)38(43-29-6-3)37(36)42-28-5-2)30-44-40(31-19-11-7-12-20-31,32-21-13-8-14-22-32)33-23-15-9-16-24-33/h4-26,35-39H,1-3,27-30H2/t35-,36-,37+,38+,39-/m0/s1. The Bertz CT molecular complexity index is 1380. The van der Waals surface area contributed by atoms with Crippen molar-refractivity contribution in [2.45, 2.75) is 40.3 Å². The lowest BCUT2D eigenvalue weighted by molar-refractivity contribution is -0.245. The lowest BCUT2D eigenvalue weighted by Crippen LogP contribution is -2.61. The van der Waals surface area contributed by atoms with Gasteiger partial charge < -0.3 is 23.7 Å². The third-order valence-corrected chi connectivity index (χ3v) is 8.97. The minimum Gasteiger partial charge on any atom is -0.369 e. The molecule has 4 aromatic carbocycles. The van der Waals surface area contributed by atoms with Crippen LogP contribution in [-0.4, -0.2) is 56.3 Å². The van der Waals surface area contributed by atoms with Crippen molar-refractivity contribution in [2.75, 3.05) is 26.4 Å². The molecule has 0 unspecified atom stereocenters. The van der Waals surface area contributed by atoms with Gasteiger partial charge in [0.15, 0.2) is 0 Å². The highest BCUT2D eigenvalue weighted by atomic mass is 32.2. The predicted molar refractivity (Wildman–Crippen MR) is 186 cm³/mol. The van der Waals surface area contributed by atoms with E-state index in [0.29, 0.717) is 19.8 Å². The molecule has 4 aromatic rings. The largest absolute Gasteiger partial charge is 0.369 e. The molecule has 5 atom stereocenters. The zero-order valence-corrected chi connectivity index (χ0v) is 26.9. The van der Waals surface area contributed by atoms with Crippen molar-refractivity contribution in [1.82, 2.24) is 0 Å². The Morgan fingerprint density at radius 2 is 0.978 bits per heavy atom. The molecule has 0 aromatic heterocycles. The second-order valence-corrected chi connectivity index (χ2v) is 12.0. The van der Waals surface area contributed by atoms with Gasteiger partial charge in [-0.3, -0.25) is 0 Å². The Morgan fingerprint density at radius 1 is 0.565 bits per heavy atom. The highest BCUT2D eigenvalue weighted by Crippen LogP contribution is 2.42. The minimum atomic E-state index is -0.925. The van der Waals surface area contributed by atoms with E-state index >= 15 is 0 Å². The molecule has 1 heterocycles. The SMILES string of the molecule is C=CCO[C@@H]1[C@@H](OCC=C)[C@H](COC(c2ccccc2)(c2ccccc2)c2ccccc2)O[C@@H](Sc2ccccc2)[C@@H]1OCC=C. The molecule has 5 rings (SSSR count). The molecule has 5 nitrogen and oxygen atoms in total. The molecule has 0 aliphatic carbocycles. The fourth-order valence-corrected chi connectivity index (χ4v) is 6.97. The molecule has 1 saturated heterocycles. The molecule has 0 radical (unpaired) electrons. The van der Waals surface area contributed by atoms with Crippen LogP contribution < -0.4 is 0 Å². The van der Waals surface area contributed by atoms with E-state index in [4.69, 9.17) is 23.7 Å². The molecule has 46 heavy (non-hydrogen) atoms. The zero-order valence-electron chi connectivity index (χ0n) is 26.1. The van der Waals surface area contributed by atoms with Gasteiger partial charge in [-0.25, -0.2) is 0 Å². The average Bonchev–Trinajstić information content (AvgIpc) is 3.12. The Hall–Kier alpha value is -3.75. The molecule has 6 heteroatoms. The number of thioether (sulfide) groups is 1. The topological polar surface area (TPSA) is 46.2 Å². The number of benzene rings is 4. The highest BCUT2D eigenvalue weighted by Gasteiger charge is 2.50. The van der Waals surface area contributed by atoms with Crippen molar-refractivity contribution in [3.63, 3.8) is 0 Å². The molecule has 1 aliphatic heterocycles. The summed E-state index contributed by atoms with van der Waals surface area (Å²) in [6, 6.07) is 41.1. The van der Waals surface area contributed by atoms with Gasteiger partial charge in [-0.1, -0.05) is 139 Å². The maximum absolute atomic E-state index is 7.23. The smallest absolute Gasteiger partial charge is 0.143 e. The van der Waals surface area contributed by atoms with Gasteiger partial charge in [-0.05, 0) is 28.8 Å². The zero-order chi connectivity index (χ0) is 32.0. The molecule has 0 N–H and O–H groups in total. The van der Waals surface area contributed by atoms with Crippen LogP contribution in [0.1, 0.15) is 16.7 Å². The number of hydrogen-bond donors (Lipinski definition) is 0. The monoisotopic (exact) mass is 634 g/mol. The van der Waals surface area contributed by atoms with E-state index in [9.17, 15) is 0 Å². The molecule has 0 spiro atoms. The summed E-state index contributed by atoms with van der Waals surface area (Å²) in [4.78, 5) is 1.06. The first-order chi connectivity index (χ1) is 22.7. The molecule has 1 aliphatic rings. The molecule has 238 valence electrons. The van der Waals surface area contributed by atoms with E-state index in [0.717, 1.165) is 21.6 Å². The van der Waals surface area contributed by atoms with Crippen LogP contribution in [0.15, 0.2) is 164 Å². The van der Waals surface area contributed by atoms with Gasteiger partial charge in [0.25, 0.3) is 0 Å². The predicted octanol–water partition coefficient (Wildman–Crippen LogP) is 8.23. The summed E-state index contributed by atoms with van der Waals surface area (Å²) in [7, 11) is 0. The van der Waals surface area contributed by atoms with Crippen LogP contribution in [0.2, 0.25) is 0 Å². The number of ether oxygens (including phenoxy) is 5. The molecule has 0 amide bonds. The van der Waals surface area contributed by atoms with Gasteiger partial charge >= 0.3 is 0 Å². The van der Waals surface area contributed by atoms with Crippen LogP contribution in [-0.2, 0) is 29.3 Å².